The first kappa shape index (κ1) is 17.5. The molecule has 0 radical (unpaired) electrons. The third kappa shape index (κ3) is 3.49. The third-order valence-corrected chi connectivity index (χ3v) is 4.70. The van der Waals surface area contributed by atoms with Gasteiger partial charge in [0.25, 0.3) is 0 Å². The van der Waals surface area contributed by atoms with Gasteiger partial charge in [0.2, 0.25) is 0 Å². The van der Waals surface area contributed by atoms with Crippen LogP contribution in [0.2, 0.25) is 0 Å². The van der Waals surface area contributed by atoms with E-state index in [1.807, 2.05) is 50.2 Å². The highest BCUT2D eigenvalue weighted by Gasteiger charge is 2.36. The molecule has 1 aromatic carbocycles. The monoisotopic (exact) mass is 362 g/mol. The number of β-amino-alcohol motifs (C(OH)–C–C–N with tert-alkyl or cyclic N) is 1. The zero-order chi connectivity index (χ0) is 19.0. The van der Waals surface area contributed by atoms with E-state index in [0.29, 0.717) is 30.3 Å². The van der Waals surface area contributed by atoms with Gasteiger partial charge in [0, 0.05) is 65.7 Å². The van der Waals surface area contributed by atoms with Crippen molar-refractivity contribution < 1.29 is 9.84 Å². The molecule has 6 nitrogen and oxygen atoms in total. The van der Waals surface area contributed by atoms with E-state index in [9.17, 15) is 5.11 Å². The highest BCUT2D eigenvalue weighted by atomic mass is 16.5. The van der Waals surface area contributed by atoms with Crippen molar-refractivity contribution in [1.29, 1.82) is 0 Å². The fourth-order valence-electron chi connectivity index (χ4n) is 3.21. The smallest absolute Gasteiger partial charge is 0.138 e. The molecule has 0 aliphatic carbocycles. The second kappa shape index (κ2) is 6.64. The number of nitrogens with one attached hydrogen (secondary N) is 1. The number of pyridine rings is 2. The van der Waals surface area contributed by atoms with Crippen molar-refractivity contribution in [2.24, 2.45) is 0 Å². The molecule has 0 bridgehead atoms. The maximum absolute atomic E-state index is 10.4. The summed E-state index contributed by atoms with van der Waals surface area (Å²) in [4.78, 5) is 8.92. The summed E-state index contributed by atoms with van der Waals surface area (Å²) in [5.74, 6) is 1.34. The number of hydrogen-bond acceptors (Lipinski definition) is 6. The second-order valence-corrected chi connectivity index (χ2v) is 7.01. The Kier molecular flexibility index (Phi) is 4.30. The van der Waals surface area contributed by atoms with Gasteiger partial charge < -0.3 is 20.9 Å². The minimum absolute atomic E-state index is 0.547. The Morgan fingerprint density at radius 3 is 2.41 bits per heavy atom. The van der Waals surface area contributed by atoms with E-state index in [1.165, 1.54) is 0 Å². The lowest BCUT2D eigenvalue weighted by atomic mass is 9.89. The van der Waals surface area contributed by atoms with Crippen LogP contribution >= 0.6 is 0 Å². The van der Waals surface area contributed by atoms with Gasteiger partial charge in [-0.2, -0.15) is 0 Å². The second-order valence-electron chi connectivity index (χ2n) is 7.01. The van der Waals surface area contributed by atoms with Crippen molar-refractivity contribution in [2.45, 2.75) is 19.4 Å². The molecule has 0 spiro atoms. The van der Waals surface area contributed by atoms with E-state index in [-0.39, 0.29) is 0 Å². The van der Waals surface area contributed by atoms with Crippen LogP contribution in [0.4, 0.5) is 5.69 Å². The molecular weight excluding hydrogens is 340 g/mol. The fraction of sp³-hybridized carbons (Fsp3) is 0.238. The lowest BCUT2D eigenvalue weighted by Crippen LogP contribution is -2.56. The van der Waals surface area contributed by atoms with Gasteiger partial charge >= 0.3 is 0 Å². The molecule has 1 saturated heterocycles. The predicted molar refractivity (Wildman–Crippen MR) is 105 cm³/mol. The number of nitrogens with two attached hydrogens (primary N) is 1. The zero-order valence-corrected chi connectivity index (χ0v) is 15.4. The molecule has 0 unspecified atom stereocenters. The fourth-order valence-corrected chi connectivity index (χ4v) is 3.21. The molecule has 1 aliphatic heterocycles. The predicted octanol–water partition coefficient (Wildman–Crippen LogP) is 2.93. The summed E-state index contributed by atoms with van der Waals surface area (Å²) in [6.45, 7) is 4.96. The van der Waals surface area contributed by atoms with Gasteiger partial charge in [-0.3, -0.25) is 9.97 Å². The maximum Gasteiger partial charge on any atom is 0.138 e. The van der Waals surface area contributed by atoms with Gasteiger partial charge in [-0.15, -0.1) is 0 Å². The number of ether oxygens (including phenoxy) is 1. The van der Waals surface area contributed by atoms with Crippen molar-refractivity contribution in [3.63, 3.8) is 0 Å². The van der Waals surface area contributed by atoms with Crippen molar-refractivity contribution in [3.05, 3.63) is 65.6 Å². The Bertz CT molecular complexity index is 962. The lowest BCUT2D eigenvalue weighted by Gasteiger charge is -2.37. The SMILES string of the molecule is Cc1cc(Oc2cc(N)ccc2-c2ccc(C3(O)CNC3)cn2)cc(C)n1. The van der Waals surface area contributed by atoms with Crippen LogP contribution in [-0.4, -0.2) is 28.2 Å². The summed E-state index contributed by atoms with van der Waals surface area (Å²) < 4.78 is 6.12. The largest absolute Gasteiger partial charge is 0.456 e. The Labute approximate surface area is 158 Å². The van der Waals surface area contributed by atoms with Gasteiger partial charge in [-0.25, -0.2) is 0 Å². The van der Waals surface area contributed by atoms with Crippen LogP contribution in [0.5, 0.6) is 11.5 Å². The number of hydrogen-bond donors (Lipinski definition) is 3. The molecule has 4 rings (SSSR count). The number of aliphatic hydroxyl groups is 1. The van der Waals surface area contributed by atoms with Crippen molar-refractivity contribution in [3.8, 4) is 22.8 Å². The van der Waals surface area contributed by atoms with Crippen LogP contribution in [0.1, 0.15) is 17.0 Å². The summed E-state index contributed by atoms with van der Waals surface area (Å²) >= 11 is 0. The summed E-state index contributed by atoms with van der Waals surface area (Å²) in [5, 5.41) is 13.5. The highest BCUT2D eigenvalue weighted by Crippen LogP contribution is 2.35. The lowest BCUT2D eigenvalue weighted by molar-refractivity contribution is -0.0149. The molecule has 3 heterocycles. The van der Waals surface area contributed by atoms with Gasteiger partial charge in [0.15, 0.2) is 0 Å². The molecular formula is C21H22N4O2. The summed E-state index contributed by atoms with van der Waals surface area (Å²) in [6, 6.07) is 13.1. The van der Waals surface area contributed by atoms with Gasteiger partial charge in [-0.1, -0.05) is 6.07 Å². The van der Waals surface area contributed by atoms with Crippen molar-refractivity contribution >= 4 is 5.69 Å². The number of aryl methyl sites for hydroxylation is 2. The van der Waals surface area contributed by atoms with Gasteiger partial charge in [-0.05, 0) is 32.0 Å². The van der Waals surface area contributed by atoms with E-state index in [4.69, 9.17) is 10.5 Å². The summed E-state index contributed by atoms with van der Waals surface area (Å²) in [6.07, 6.45) is 1.72. The van der Waals surface area contributed by atoms with Gasteiger partial charge in [0.05, 0.1) is 5.69 Å². The molecule has 0 amide bonds. The zero-order valence-electron chi connectivity index (χ0n) is 15.4. The Morgan fingerprint density at radius 1 is 1.07 bits per heavy atom. The first-order valence-corrected chi connectivity index (χ1v) is 8.86. The van der Waals surface area contributed by atoms with Crippen LogP contribution in [0.15, 0.2) is 48.7 Å². The third-order valence-electron chi connectivity index (χ3n) is 4.70. The molecule has 27 heavy (non-hydrogen) atoms. The quantitative estimate of drug-likeness (QED) is 0.618. The highest BCUT2D eigenvalue weighted by molar-refractivity contribution is 5.71. The molecule has 3 aromatic rings. The van der Waals surface area contributed by atoms with Crippen LogP contribution in [0, 0.1) is 13.8 Å². The standard InChI is InChI=1S/C21H22N4O2/c1-13-7-17(8-14(2)25-13)27-20-9-16(22)4-5-18(20)19-6-3-15(10-24-19)21(26)11-23-12-21/h3-10,23,26H,11-12,22H2,1-2H3. The number of nitrogen functional groups attached to an aromatic ring is 1. The minimum atomic E-state index is -0.821. The number of aromatic nitrogens is 2. The minimum Gasteiger partial charge on any atom is -0.456 e. The normalized spacial score (nSPS) is 15.2. The maximum atomic E-state index is 10.4. The molecule has 6 heteroatoms. The van der Waals surface area contributed by atoms with Gasteiger partial charge in [0.1, 0.15) is 17.1 Å². The average Bonchev–Trinajstić information content (AvgIpc) is 2.59. The van der Waals surface area contributed by atoms with Crippen molar-refractivity contribution in [1.82, 2.24) is 15.3 Å². The van der Waals surface area contributed by atoms with Crippen LogP contribution in [0.3, 0.4) is 0 Å². The number of nitrogens with zero attached hydrogens (tertiary/aromatic N) is 2. The molecule has 0 atom stereocenters. The summed E-state index contributed by atoms with van der Waals surface area (Å²) in [5.41, 5.74) is 9.94. The number of rotatable bonds is 4. The molecule has 1 aliphatic rings. The number of anilines is 1. The van der Waals surface area contributed by atoms with Crippen LogP contribution in [-0.2, 0) is 5.60 Å². The average molecular weight is 362 g/mol. The Morgan fingerprint density at radius 2 is 1.81 bits per heavy atom. The molecule has 0 saturated carbocycles. The summed E-state index contributed by atoms with van der Waals surface area (Å²) in [7, 11) is 0. The molecule has 1 fully saturated rings. The first-order valence-electron chi connectivity index (χ1n) is 8.86. The number of benzene rings is 1. The topological polar surface area (TPSA) is 93.3 Å². The first-order chi connectivity index (χ1) is 12.9. The van der Waals surface area contributed by atoms with E-state index in [2.05, 4.69) is 15.3 Å². The van der Waals surface area contributed by atoms with E-state index in [1.54, 1.807) is 12.3 Å². The molecule has 2 aromatic heterocycles. The Hall–Kier alpha value is -2.96. The van der Waals surface area contributed by atoms with E-state index < -0.39 is 5.60 Å². The van der Waals surface area contributed by atoms with Crippen molar-refractivity contribution in [2.75, 3.05) is 18.8 Å². The van der Waals surface area contributed by atoms with Crippen LogP contribution in [0.25, 0.3) is 11.3 Å². The van der Waals surface area contributed by atoms with E-state index in [0.717, 1.165) is 28.2 Å². The molecule has 4 N–H and O–H groups in total. The van der Waals surface area contributed by atoms with Crippen LogP contribution < -0.4 is 15.8 Å². The van der Waals surface area contributed by atoms with E-state index >= 15 is 0 Å². The Balaban J connectivity index is 1.68. The molecule has 138 valence electrons.